The van der Waals surface area contributed by atoms with Gasteiger partial charge < -0.3 is 29.2 Å². The van der Waals surface area contributed by atoms with Crippen LogP contribution in [-0.4, -0.2) is 44.9 Å². The first-order chi connectivity index (χ1) is 15.5. The number of fused-ring (bicyclic) bond motifs is 3. The molecule has 0 radical (unpaired) electrons. The fourth-order valence-electron chi connectivity index (χ4n) is 5.43. The molecule has 2 heterocycles. The van der Waals surface area contributed by atoms with E-state index in [9.17, 15) is 4.79 Å². The van der Waals surface area contributed by atoms with Gasteiger partial charge in [0.1, 0.15) is 24.7 Å². The van der Waals surface area contributed by atoms with Crippen LogP contribution >= 0.6 is 0 Å². The monoisotopic (exact) mass is 438 g/mol. The van der Waals surface area contributed by atoms with Gasteiger partial charge in [0.2, 0.25) is 0 Å². The van der Waals surface area contributed by atoms with Crippen LogP contribution in [0.15, 0.2) is 30.3 Å². The number of benzene rings is 2. The van der Waals surface area contributed by atoms with Crippen LogP contribution in [0.5, 0.6) is 23.0 Å². The third-order valence-corrected chi connectivity index (χ3v) is 7.10. The second-order valence-corrected chi connectivity index (χ2v) is 8.91. The summed E-state index contributed by atoms with van der Waals surface area (Å²) in [7, 11) is 3.20. The van der Waals surface area contributed by atoms with E-state index >= 15 is 0 Å². The van der Waals surface area contributed by atoms with Crippen LogP contribution in [0, 0.1) is 0 Å². The Hall–Kier alpha value is -3.09. The van der Waals surface area contributed by atoms with Crippen molar-refractivity contribution >= 4 is 11.7 Å². The Bertz CT molecular complexity index is 1010. The van der Waals surface area contributed by atoms with Gasteiger partial charge in [0, 0.05) is 35.8 Å². The van der Waals surface area contributed by atoms with Crippen LogP contribution in [-0.2, 0) is 5.41 Å². The Morgan fingerprint density at radius 1 is 1.00 bits per heavy atom. The first-order valence-electron chi connectivity index (χ1n) is 11.3. The predicted molar refractivity (Wildman–Crippen MR) is 121 cm³/mol. The maximum atomic E-state index is 13.5. The number of carbonyl (C=O) groups excluding carboxylic acids is 1. The van der Waals surface area contributed by atoms with E-state index in [4.69, 9.17) is 18.9 Å². The summed E-state index contributed by atoms with van der Waals surface area (Å²) in [5.74, 6) is 2.87. The zero-order valence-electron chi connectivity index (χ0n) is 18.9. The summed E-state index contributed by atoms with van der Waals surface area (Å²) in [5.41, 5.74) is 3.08. The van der Waals surface area contributed by atoms with Crippen molar-refractivity contribution in [2.45, 2.75) is 44.1 Å². The van der Waals surface area contributed by atoms with Gasteiger partial charge in [0.15, 0.2) is 11.5 Å². The lowest BCUT2D eigenvalue weighted by molar-refractivity contribution is 0.149. The molecular formula is C25H30N2O5. The van der Waals surface area contributed by atoms with E-state index in [0.29, 0.717) is 36.9 Å². The quantitative estimate of drug-likeness (QED) is 0.739. The fraction of sp³-hybridized carbons (Fsp3) is 0.480. The normalized spacial score (nSPS) is 20.6. The minimum Gasteiger partial charge on any atom is -0.497 e. The summed E-state index contributed by atoms with van der Waals surface area (Å²) in [5, 5.41) is 3.06. The smallest absolute Gasteiger partial charge is 0.322 e. The molecule has 1 spiro atoms. The summed E-state index contributed by atoms with van der Waals surface area (Å²) in [4.78, 5) is 15.4. The summed E-state index contributed by atoms with van der Waals surface area (Å²) in [6.45, 7) is 3.90. The molecule has 0 saturated heterocycles. The van der Waals surface area contributed by atoms with Crippen LogP contribution < -0.4 is 24.3 Å². The predicted octanol–water partition coefficient (Wildman–Crippen LogP) is 4.90. The number of urea groups is 1. The largest absolute Gasteiger partial charge is 0.497 e. The van der Waals surface area contributed by atoms with Crippen molar-refractivity contribution in [3.8, 4) is 23.0 Å². The molecule has 1 saturated carbocycles. The Morgan fingerprint density at radius 2 is 1.62 bits per heavy atom. The van der Waals surface area contributed by atoms with E-state index in [0.717, 1.165) is 29.9 Å². The van der Waals surface area contributed by atoms with Gasteiger partial charge in [-0.15, -0.1) is 0 Å². The number of hydrogen-bond acceptors (Lipinski definition) is 5. The van der Waals surface area contributed by atoms with Gasteiger partial charge in [0.05, 0.1) is 20.3 Å². The van der Waals surface area contributed by atoms with Crippen molar-refractivity contribution in [1.82, 2.24) is 4.90 Å². The number of carbonyl (C=O) groups is 1. The Kier molecular flexibility index (Phi) is 5.27. The highest BCUT2D eigenvalue weighted by Crippen LogP contribution is 2.52. The molecule has 1 N–H and O–H groups in total. The van der Waals surface area contributed by atoms with Crippen LogP contribution in [0.25, 0.3) is 0 Å². The van der Waals surface area contributed by atoms with E-state index in [2.05, 4.69) is 24.4 Å². The molecule has 1 atom stereocenters. The lowest BCUT2D eigenvalue weighted by Crippen LogP contribution is -2.50. The van der Waals surface area contributed by atoms with Gasteiger partial charge in [-0.3, -0.25) is 0 Å². The Labute approximate surface area is 188 Å². The van der Waals surface area contributed by atoms with Gasteiger partial charge in [-0.05, 0) is 43.0 Å². The lowest BCUT2D eigenvalue weighted by Gasteiger charge is -2.46. The lowest BCUT2D eigenvalue weighted by atomic mass is 9.71. The van der Waals surface area contributed by atoms with Crippen molar-refractivity contribution in [3.05, 3.63) is 41.5 Å². The molecule has 7 nitrogen and oxygen atoms in total. The van der Waals surface area contributed by atoms with Gasteiger partial charge in [0.25, 0.3) is 0 Å². The van der Waals surface area contributed by atoms with Crippen molar-refractivity contribution in [3.63, 3.8) is 0 Å². The minimum atomic E-state index is -0.125. The van der Waals surface area contributed by atoms with Gasteiger partial charge >= 0.3 is 6.03 Å². The van der Waals surface area contributed by atoms with Gasteiger partial charge in [-0.2, -0.15) is 0 Å². The SMILES string of the molecule is COc1cc(NC(=O)N2CC3(CCCC3)c3cc4c(cc3C2C)OCCO4)cc(OC)c1. The average Bonchev–Trinajstić information content (AvgIpc) is 3.29. The Morgan fingerprint density at radius 3 is 2.25 bits per heavy atom. The number of rotatable bonds is 3. The van der Waals surface area contributed by atoms with Gasteiger partial charge in [-0.1, -0.05) is 12.8 Å². The third-order valence-electron chi connectivity index (χ3n) is 7.10. The molecule has 32 heavy (non-hydrogen) atoms. The first kappa shape index (κ1) is 20.8. The summed E-state index contributed by atoms with van der Waals surface area (Å²) >= 11 is 0. The second-order valence-electron chi connectivity index (χ2n) is 8.91. The summed E-state index contributed by atoms with van der Waals surface area (Å²) in [6, 6.07) is 9.44. The highest BCUT2D eigenvalue weighted by molar-refractivity contribution is 5.90. The molecule has 1 fully saturated rings. The third kappa shape index (κ3) is 3.49. The van der Waals surface area contributed by atoms with Crippen LogP contribution in [0.4, 0.5) is 10.5 Å². The number of hydrogen-bond donors (Lipinski definition) is 1. The minimum absolute atomic E-state index is 0.0406. The maximum absolute atomic E-state index is 13.5. The standard InChI is InChI=1S/C25H30N2O5/c1-16-20-13-22-23(32-9-8-31-22)14-21(20)25(6-4-5-7-25)15-27(16)24(28)26-17-10-18(29-2)12-19(11-17)30-3/h10-14,16H,4-9,15H2,1-3H3,(H,26,28). The first-order valence-corrected chi connectivity index (χ1v) is 11.3. The number of amides is 2. The molecule has 3 aliphatic rings. The molecule has 2 aromatic rings. The van der Waals surface area contributed by atoms with E-state index in [-0.39, 0.29) is 17.5 Å². The van der Waals surface area contributed by atoms with E-state index in [1.807, 2.05) is 4.90 Å². The summed E-state index contributed by atoms with van der Waals surface area (Å²) in [6.07, 6.45) is 4.49. The highest BCUT2D eigenvalue weighted by Gasteiger charge is 2.46. The maximum Gasteiger partial charge on any atom is 0.322 e. The molecule has 7 heteroatoms. The second kappa shape index (κ2) is 8.11. The zero-order valence-corrected chi connectivity index (χ0v) is 18.9. The number of nitrogens with one attached hydrogen (secondary N) is 1. The molecular weight excluding hydrogens is 408 g/mol. The molecule has 1 unspecified atom stereocenters. The van der Waals surface area contributed by atoms with Crippen LogP contribution in [0.1, 0.15) is 49.8 Å². The van der Waals surface area contributed by atoms with Crippen molar-refractivity contribution in [2.24, 2.45) is 0 Å². The molecule has 5 rings (SSSR count). The van der Waals surface area contributed by atoms with E-state index < -0.39 is 0 Å². The molecule has 0 aromatic heterocycles. The van der Waals surface area contributed by atoms with Crippen molar-refractivity contribution in [1.29, 1.82) is 0 Å². The molecule has 1 aliphatic carbocycles. The van der Waals surface area contributed by atoms with Crippen LogP contribution in [0.3, 0.4) is 0 Å². The molecule has 2 aromatic carbocycles. The molecule has 2 aliphatic heterocycles. The molecule has 0 bridgehead atoms. The van der Waals surface area contributed by atoms with Gasteiger partial charge in [-0.25, -0.2) is 4.79 Å². The van der Waals surface area contributed by atoms with Crippen molar-refractivity contribution in [2.75, 3.05) is 39.3 Å². The number of anilines is 1. The van der Waals surface area contributed by atoms with E-state index in [1.54, 1.807) is 32.4 Å². The fourth-order valence-corrected chi connectivity index (χ4v) is 5.43. The zero-order chi connectivity index (χ0) is 22.3. The summed E-state index contributed by atoms with van der Waals surface area (Å²) < 4.78 is 22.4. The molecule has 170 valence electrons. The van der Waals surface area contributed by atoms with E-state index in [1.165, 1.54) is 18.4 Å². The number of ether oxygens (including phenoxy) is 4. The van der Waals surface area contributed by atoms with Crippen molar-refractivity contribution < 1.29 is 23.7 Å². The topological polar surface area (TPSA) is 69.3 Å². The highest BCUT2D eigenvalue weighted by atomic mass is 16.6. The number of nitrogens with zero attached hydrogens (tertiary/aromatic N) is 1. The number of methoxy groups -OCH3 is 2. The van der Waals surface area contributed by atoms with Crippen LogP contribution in [0.2, 0.25) is 0 Å². The molecule has 2 amide bonds. The average molecular weight is 439 g/mol. The Balaban J connectivity index is 1.49.